The van der Waals surface area contributed by atoms with Crippen molar-refractivity contribution in [3.63, 3.8) is 0 Å². The number of methoxy groups -OCH3 is 1. The molecule has 6 heteroatoms. The van der Waals surface area contributed by atoms with Gasteiger partial charge >= 0.3 is 6.09 Å². The standard InChI is InChI=1S/C9H16ClNO4/c1-3-15-9(13)11(4-5-14-2)7-8(12)6-10/h3-7H2,1-2H3. The van der Waals surface area contributed by atoms with E-state index in [0.717, 1.165) is 0 Å². The first-order valence-corrected chi connectivity index (χ1v) is 5.17. The van der Waals surface area contributed by atoms with Gasteiger partial charge < -0.3 is 9.47 Å². The molecular formula is C9H16ClNO4. The summed E-state index contributed by atoms with van der Waals surface area (Å²) in [7, 11) is 1.52. The Hall–Kier alpha value is -0.810. The molecule has 0 aliphatic carbocycles. The molecule has 0 aromatic heterocycles. The lowest BCUT2D eigenvalue weighted by molar-refractivity contribution is -0.117. The molecule has 0 unspecified atom stereocenters. The molecule has 0 aromatic carbocycles. The highest BCUT2D eigenvalue weighted by molar-refractivity contribution is 6.28. The van der Waals surface area contributed by atoms with E-state index in [1.54, 1.807) is 6.92 Å². The molecule has 0 saturated heterocycles. The molecule has 15 heavy (non-hydrogen) atoms. The van der Waals surface area contributed by atoms with Crippen molar-refractivity contribution in [1.82, 2.24) is 4.90 Å². The summed E-state index contributed by atoms with van der Waals surface area (Å²) < 4.78 is 9.60. The van der Waals surface area contributed by atoms with Gasteiger partial charge in [0.1, 0.15) is 0 Å². The van der Waals surface area contributed by atoms with E-state index in [1.807, 2.05) is 0 Å². The molecule has 0 rings (SSSR count). The summed E-state index contributed by atoms with van der Waals surface area (Å²) >= 11 is 5.35. The van der Waals surface area contributed by atoms with Crippen LogP contribution in [0.1, 0.15) is 6.92 Å². The highest BCUT2D eigenvalue weighted by atomic mass is 35.5. The van der Waals surface area contributed by atoms with Gasteiger partial charge in [0, 0.05) is 13.7 Å². The lowest BCUT2D eigenvalue weighted by Crippen LogP contribution is -2.38. The number of nitrogens with zero attached hydrogens (tertiary/aromatic N) is 1. The predicted molar refractivity (Wildman–Crippen MR) is 56.2 cm³/mol. The maximum atomic E-state index is 11.4. The molecule has 0 aliphatic heterocycles. The van der Waals surface area contributed by atoms with Crippen molar-refractivity contribution in [2.45, 2.75) is 6.92 Å². The fourth-order valence-electron chi connectivity index (χ4n) is 0.906. The largest absolute Gasteiger partial charge is 0.450 e. The molecule has 0 aliphatic rings. The maximum Gasteiger partial charge on any atom is 0.410 e. The number of carbonyl (C=O) groups excluding carboxylic acids is 2. The van der Waals surface area contributed by atoms with Crippen molar-refractivity contribution >= 4 is 23.5 Å². The van der Waals surface area contributed by atoms with Gasteiger partial charge in [-0.25, -0.2) is 4.79 Å². The number of halogens is 1. The second-order valence-corrected chi connectivity index (χ2v) is 3.05. The fraction of sp³-hybridized carbons (Fsp3) is 0.778. The maximum absolute atomic E-state index is 11.4. The lowest BCUT2D eigenvalue weighted by Gasteiger charge is -2.20. The second kappa shape index (κ2) is 8.49. The Kier molecular flexibility index (Phi) is 8.04. The number of carbonyl (C=O) groups is 2. The van der Waals surface area contributed by atoms with Crippen LogP contribution in [0.4, 0.5) is 4.79 Å². The van der Waals surface area contributed by atoms with E-state index >= 15 is 0 Å². The van der Waals surface area contributed by atoms with Crippen LogP contribution in [-0.4, -0.2) is 56.1 Å². The first-order valence-electron chi connectivity index (χ1n) is 4.64. The lowest BCUT2D eigenvalue weighted by atomic mass is 10.4. The molecule has 0 spiro atoms. The Morgan fingerprint density at radius 2 is 2.07 bits per heavy atom. The normalized spacial score (nSPS) is 9.80. The van der Waals surface area contributed by atoms with Crippen LogP contribution in [-0.2, 0) is 14.3 Å². The fourth-order valence-corrected chi connectivity index (χ4v) is 0.991. The van der Waals surface area contributed by atoms with Crippen molar-refractivity contribution in [3.05, 3.63) is 0 Å². The Balaban J connectivity index is 4.16. The molecule has 0 saturated carbocycles. The number of Topliss-reactive ketones (excluding diaryl/α,β-unsaturated/α-hetero) is 1. The van der Waals surface area contributed by atoms with Crippen LogP contribution in [0.25, 0.3) is 0 Å². The molecule has 0 atom stereocenters. The van der Waals surface area contributed by atoms with Gasteiger partial charge in [-0.05, 0) is 6.92 Å². The third kappa shape index (κ3) is 6.30. The highest BCUT2D eigenvalue weighted by Crippen LogP contribution is 1.96. The van der Waals surface area contributed by atoms with Gasteiger partial charge in [0.05, 0.1) is 25.6 Å². The van der Waals surface area contributed by atoms with Gasteiger partial charge in [-0.1, -0.05) is 0 Å². The monoisotopic (exact) mass is 237 g/mol. The topological polar surface area (TPSA) is 55.8 Å². The number of hydrogen-bond acceptors (Lipinski definition) is 4. The van der Waals surface area contributed by atoms with Crippen LogP contribution in [0.2, 0.25) is 0 Å². The third-order valence-corrected chi connectivity index (χ3v) is 1.91. The average Bonchev–Trinajstić information content (AvgIpc) is 2.24. The highest BCUT2D eigenvalue weighted by Gasteiger charge is 2.17. The zero-order valence-electron chi connectivity index (χ0n) is 8.99. The van der Waals surface area contributed by atoms with Crippen molar-refractivity contribution in [2.24, 2.45) is 0 Å². The summed E-state index contributed by atoms with van der Waals surface area (Å²) in [5.74, 6) is -0.330. The van der Waals surface area contributed by atoms with Gasteiger partial charge in [-0.2, -0.15) is 0 Å². The van der Waals surface area contributed by atoms with Crippen LogP contribution >= 0.6 is 11.6 Å². The predicted octanol–water partition coefficient (Wildman–Crippen LogP) is 0.899. The molecule has 5 nitrogen and oxygen atoms in total. The van der Waals surface area contributed by atoms with Gasteiger partial charge in [-0.3, -0.25) is 9.69 Å². The Labute approximate surface area is 94.3 Å². The quantitative estimate of drug-likeness (QED) is 0.618. The molecular weight excluding hydrogens is 222 g/mol. The van der Waals surface area contributed by atoms with Gasteiger partial charge in [0.2, 0.25) is 0 Å². The minimum atomic E-state index is -0.520. The number of amides is 1. The zero-order chi connectivity index (χ0) is 11.7. The molecule has 1 amide bonds. The van der Waals surface area contributed by atoms with E-state index in [4.69, 9.17) is 21.1 Å². The van der Waals surface area contributed by atoms with Crippen molar-refractivity contribution in [3.8, 4) is 0 Å². The summed E-state index contributed by atoms with van der Waals surface area (Å²) in [6.45, 7) is 2.62. The van der Waals surface area contributed by atoms with Crippen LogP contribution in [0.3, 0.4) is 0 Å². The van der Waals surface area contributed by atoms with Crippen LogP contribution in [0, 0.1) is 0 Å². The van der Waals surface area contributed by atoms with Crippen LogP contribution < -0.4 is 0 Å². The number of hydrogen-bond donors (Lipinski definition) is 0. The second-order valence-electron chi connectivity index (χ2n) is 2.79. The Bertz CT molecular complexity index is 210. The van der Waals surface area contributed by atoms with E-state index in [1.165, 1.54) is 12.0 Å². The van der Waals surface area contributed by atoms with Crippen molar-refractivity contribution in [2.75, 3.05) is 39.3 Å². The van der Waals surface area contributed by atoms with Gasteiger partial charge in [0.15, 0.2) is 5.78 Å². The number of ether oxygens (including phenoxy) is 2. The SMILES string of the molecule is CCOC(=O)N(CCOC)CC(=O)CCl. The molecule has 0 bridgehead atoms. The van der Waals surface area contributed by atoms with Crippen LogP contribution in [0.5, 0.6) is 0 Å². The van der Waals surface area contributed by atoms with Gasteiger partial charge in [-0.15, -0.1) is 11.6 Å². The average molecular weight is 238 g/mol. The molecule has 0 radical (unpaired) electrons. The summed E-state index contributed by atoms with van der Waals surface area (Å²) in [6.07, 6.45) is -0.520. The first-order chi connectivity index (χ1) is 7.15. The van der Waals surface area contributed by atoms with Crippen LogP contribution in [0.15, 0.2) is 0 Å². The third-order valence-electron chi connectivity index (χ3n) is 1.61. The van der Waals surface area contributed by atoms with Crippen molar-refractivity contribution < 1.29 is 19.1 Å². The Morgan fingerprint density at radius 1 is 1.40 bits per heavy atom. The minimum Gasteiger partial charge on any atom is -0.450 e. The van der Waals surface area contributed by atoms with E-state index in [9.17, 15) is 9.59 Å². The Morgan fingerprint density at radius 3 is 2.53 bits per heavy atom. The molecule has 0 aromatic rings. The number of ketones is 1. The van der Waals surface area contributed by atoms with E-state index in [-0.39, 0.29) is 24.8 Å². The summed E-state index contributed by atoms with van der Waals surface area (Å²) in [6, 6.07) is 0. The first kappa shape index (κ1) is 14.2. The van der Waals surface area contributed by atoms with E-state index in [2.05, 4.69) is 0 Å². The number of alkyl halides is 1. The van der Waals surface area contributed by atoms with E-state index in [0.29, 0.717) is 13.2 Å². The molecule has 88 valence electrons. The molecule has 0 fully saturated rings. The molecule has 0 heterocycles. The van der Waals surface area contributed by atoms with Gasteiger partial charge in [0.25, 0.3) is 0 Å². The van der Waals surface area contributed by atoms with E-state index < -0.39 is 6.09 Å². The summed E-state index contributed by atoms with van der Waals surface area (Å²) in [5.41, 5.74) is 0. The minimum absolute atomic E-state index is 0.0360. The van der Waals surface area contributed by atoms with Crippen molar-refractivity contribution in [1.29, 1.82) is 0 Å². The summed E-state index contributed by atoms with van der Waals surface area (Å²) in [5, 5.41) is 0. The zero-order valence-corrected chi connectivity index (χ0v) is 9.75. The summed E-state index contributed by atoms with van der Waals surface area (Å²) in [4.78, 5) is 23.7. The number of rotatable bonds is 7. The smallest absolute Gasteiger partial charge is 0.410 e. The molecule has 0 N–H and O–H groups in total.